The van der Waals surface area contributed by atoms with E-state index >= 15 is 0 Å². The topological polar surface area (TPSA) is 101 Å². The molecule has 0 bridgehead atoms. The average Bonchev–Trinajstić information content (AvgIpc) is 2.61. The molecule has 7 nitrogen and oxygen atoms in total. The summed E-state index contributed by atoms with van der Waals surface area (Å²) >= 11 is 1.00. The Morgan fingerprint density at radius 1 is 1.21 bits per heavy atom. The van der Waals surface area contributed by atoms with Gasteiger partial charge in [0, 0.05) is 29.1 Å². The fourth-order valence-electron chi connectivity index (χ4n) is 2.51. The monoisotopic (exact) mass is 411 g/mol. The summed E-state index contributed by atoms with van der Waals surface area (Å²) in [5.74, 6) is -1.08. The van der Waals surface area contributed by atoms with E-state index in [1.165, 1.54) is 30.3 Å². The standard InChI is InChI=1S/C17H12F3N3O4S/c18-17(19,20)9-1-6-13-12(7-9)22-16(25)14(28-13)8-15(24)21-10-2-4-11(5-3-10)23(26)27/h1-7,14H,8H2,(H,21,24)(H,22,25)/t14-/m1/s1. The minimum absolute atomic E-state index is 0.0526. The number of hydrogen-bond donors (Lipinski definition) is 2. The molecule has 28 heavy (non-hydrogen) atoms. The molecule has 0 unspecified atom stereocenters. The number of alkyl halides is 3. The zero-order valence-corrected chi connectivity index (χ0v) is 14.8. The van der Waals surface area contributed by atoms with Crippen LogP contribution in [0.25, 0.3) is 0 Å². The number of non-ortho nitro benzene ring substituents is 1. The van der Waals surface area contributed by atoms with Gasteiger partial charge < -0.3 is 10.6 Å². The fourth-order valence-corrected chi connectivity index (χ4v) is 3.60. The van der Waals surface area contributed by atoms with Crippen molar-refractivity contribution >= 4 is 40.6 Å². The predicted octanol–water partition coefficient (Wildman–Crippen LogP) is 4.06. The summed E-state index contributed by atoms with van der Waals surface area (Å²) in [6.07, 6.45) is -4.74. The number of thioether (sulfide) groups is 1. The van der Waals surface area contributed by atoms with Gasteiger partial charge in [0.1, 0.15) is 0 Å². The van der Waals surface area contributed by atoms with Crippen LogP contribution in [0.3, 0.4) is 0 Å². The molecule has 2 aromatic carbocycles. The number of nitro groups is 1. The first-order chi connectivity index (χ1) is 13.1. The molecule has 1 aliphatic heterocycles. The molecule has 0 saturated heterocycles. The summed E-state index contributed by atoms with van der Waals surface area (Å²) in [6.45, 7) is 0. The molecule has 0 fully saturated rings. The van der Waals surface area contributed by atoms with Gasteiger partial charge in [0.05, 0.1) is 21.4 Å². The lowest BCUT2D eigenvalue weighted by Crippen LogP contribution is -2.32. The van der Waals surface area contributed by atoms with Crippen LogP contribution < -0.4 is 10.6 Å². The smallest absolute Gasteiger partial charge is 0.326 e. The van der Waals surface area contributed by atoms with Crippen molar-refractivity contribution in [1.82, 2.24) is 0 Å². The van der Waals surface area contributed by atoms with Crippen molar-refractivity contribution < 1.29 is 27.7 Å². The third-order valence-electron chi connectivity index (χ3n) is 3.86. The zero-order valence-electron chi connectivity index (χ0n) is 13.9. The molecule has 2 amide bonds. The SMILES string of the molecule is O=C(C[C@H]1Sc2ccc(C(F)(F)F)cc2NC1=O)Nc1ccc([N+](=O)[O-])cc1. The van der Waals surface area contributed by atoms with Crippen LogP contribution in [-0.4, -0.2) is 22.0 Å². The molecule has 2 N–H and O–H groups in total. The van der Waals surface area contributed by atoms with Gasteiger partial charge in [0.25, 0.3) is 5.69 Å². The van der Waals surface area contributed by atoms with Crippen molar-refractivity contribution in [2.45, 2.75) is 22.7 Å². The molecule has 11 heteroatoms. The quantitative estimate of drug-likeness (QED) is 0.584. The number of anilines is 2. The van der Waals surface area contributed by atoms with E-state index in [4.69, 9.17) is 0 Å². The van der Waals surface area contributed by atoms with E-state index in [0.29, 0.717) is 10.6 Å². The number of fused-ring (bicyclic) bond motifs is 1. The maximum atomic E-state index is 12.8. The molecule has 0 aliphatic carbocycles. The second-order valence-corrected chi connectivity index (χ2v) is 7.11. The third kappa shape index (κ3) is 4.42. The highest BCUT2D eigenvalue weighted by molar-refractivity contribution is 8.01. The molecule has 0 spiro atoms. The first-order valence-electron chi connectivity index (χ1n) is 7.86. The van der Waals surface area contributed by atoms with Crippen LogP contribution in [0.2, 0.25) is 0 Å². The number of rotatable bonds is 4. The van der Waals surface area contributed by atoms with Gasteiger partial charge in [-0.2, -0.15) is 13.2 Å². The maximum absolute atomic E-state index is 12.8. The van der Waals surface area contributed by atoms with Crippen molar-refractivity contribution in [2.24, 2.45) is 0 Å². The van der Waals surface area contributed by atoms with Gasteiger partial charge in [-0.15, -0.1) is 11.8 Å². The molecule has 3 rings (SSSR count). The first kappa shape index (κ1) is 19.7. The number of halogens is 3. The van der Waals surface area contributed by atoms with Crippen LogP contribution in [0.1, 0.15) is 12.0 Å². The largest absolute Gasteiger partial charge is 0.416 e. The van der Waals surface area contributed by atoms with E-state index in [1.807, 2.05) is 0 Å². The second-order valence-electron chi connectivity index (χ2n) is 5.86. The Bertz CT molecular complexity index is 948. The van der Waals surface area contributed by atoms with Crippen LogP contribution in [-0.2, 0) is 15.8 Å². The summed E-state index contributed by atoms with van der Waals surface area (Å²) in [7, 11) is 0. The van der Waals surface area contributed by atoms with E-state index in [9.17, 15) is 32.9 Å². The van der Waals surface area contributed by atoms with Crippen LogP contribution >= 0.6 is 11.8 Å². The van der Waals surface area contributed by atoms with Gasteiger partial charge in [-0.25, -0.2) is 0 Å². The van der Waals surface area contributed by atoms with Crippen molar-refractivity contribution in [2.75, 3.05) is 10.6 Å². The van der Waals surface area contributed by atoms with Crippen molar-refractivity contribution in [3.63, 3.8) is 0 Å². The number of carbonyl (C=O) groups is 2. The minimum Gasteiger partial charge on any atom is -0.326 e. The number of amides is 2. The van der Waals surface area contributed by atoms with E-state index in [1.54, 1.807) is 0 Å². The Hall–Kier alpha value is -3.08. The summed E-state index contributed by atoms with van der Waals surface area (Å²) in [4.78, 5) is 34.8. The molecule has 0 aromatic heterocycles. The highest BCUT2D eigenvalue weighted by Crippen LogP contribution is 2.40. The molecule has 1 atom stereocenters. The Labute approximate surface area is 160 Å². The van der Waals surface area contributed by atoms with E-state index in [2.05, 4.69) is 10.6 Å². The predicted molar refractivity (Wildman–Crippen MR) is 96.1 cm³/mol. The number of hydrogen-bond acceptors (Lipinski definition) is 5. The zero-order chi connectivity index (χ0) is 20.5. The molecule has 0 saturated carbocycles. The molecule has 2 aromatic rings. The molecule has 1 aliphatic rings. The summed E-state index contributed by atoms with van der Waals surface area (Å²) in [5, 5.41) is 14.7. The molecule has 0 radical (unpaired) electrons. The molecule has 146 valence electrons. The van der Waals surface area contributed by atoms with Crippen LogP contribution in [0.5, 0.6) is 0 Å². The minimum atomic E-state index is -4.52. The Morgan fingerprint density at radius 2 is 1.89 bits per heavy atom. The maximum Gasteiger partial charge on any atom is 0.416 e. The summed E-state index contributed by atoms with van der Waals surface area (Å²) < 4.78 is 38.3. The lowest BCUT2D eigenvalue weighted by molar-refractivity contribution is -0.384. The fraction of sp³-hybridized carbons (Fsp3) is 0.176. The van der Waals surface area contributed by atoms with E-state index in [0.717, 1.165) is 23.9 Å². The van der Waals surface area contributed by atoms with Gasteiger partial charge in [0.15, 0.2) is 0 Å². The highest BCUT2D eigenvalue weighted by atomic mass is 32.2. The Balaban J connectivity index is 1.66. The van der Waals surface area contributed by atoms with E-state index in [-0.39, 0.29) is 17.8 Å². The second kappa shape index (κ2) is 7.50. The molecule has 1 heterocycles. The highest BCUT2D eigenvalue weighted by Gasteiger charge is 2.34. The van der Waals surface area contributed by atoms with Gasteiger partial charge >= 0.3 is 6.18 Å². The summed E-state index contributed by atoms with van der Waals surface area (Å²) in [6, 6.07) is 8.20. The van der Waals surface area contributed by atoms with Crippen LogP contribution in [0.4, 0.5) is 30.2 Å². The number of nitrogens with zero attached hydrogens (tertiary/aromatic N) is 1. The number of benzene rings is 2. The van der Waals surface area contributed by atoms with Crippen molar-refractivity contribution in [1.29, 1.82) is 0 Å². The number of carbonyl (C=O) groups excluding carboxylic acids is 2. The summed E-state index contributed by atoms with van der Waals surface area (Å²) in [5.41, 5.74) is -0.625. The lowest BCUT2D eigenvalue weighted by atomic mass is 10.1. The normalized spacial score (nSPS) is 16.1. The van der Waals surface area contributed by atoms with Gasteiger partial charge in [-0.3, -0.25) is 19.7 Å². The Kier molecular flexibility index (Phi) is 5.27. The molecular formula is C17H12F3N3O4S. The van der Waals surface area contributed by atoms with Gasteiger partial charge in [-0.05, 0) is 30.3 Å². The molecular weight excluding hydrogens is 399 g/mol. The van der Waals surface area contributed by atoms with E-state index < -0.39 is 33.7 Å². The third-order valence-corrected chi connectivity index (χ3v) is 5.13. The number of nitro benzene ring substituents is 1. The van der Waals surface area contributed by atoms with Crippen molar-refractivity contribution in [3.8, 4) is 0 Å². The Morgan fingerprint density at radius 3 is 2.50 bits per heavy atom. The van der Waals surface area contributed by atoms with Gasteiger partial charge in [-0.1, -0.05) is 0 Å². The number of nitrogens with one attached hydrogen (secondary N) is 2. The average molecular weight is 411 g/mol. The lowest BCUT2D eigenvalue weighted by Gasteiger charge is -2.24. The van der Waals surface area contributed by atoms with Gasteiger partial charge in [0.2, 0.25) is 11.8 Å². The first-order valence-corrected chi connectivity index (χ1v) is 8.74. The van der Waals surface area contributed by atoms with Crippen LogP contribution in [0.15, 0.2) is 47.4 Å². The van der Waals surface area contributed by atoms with Crippen LogP contribution in [0, 0.1) is 10.1 Å². The van der Waals surface area contributed by atoms with Crippen molar-refractivity contribution in [3.05, 3.63) is 58.1 Å².